The molecule has 1 atom stereocenters. The average Bonchev–Trinajstić information content (AvgIpc) is 2.28. The van der Waals surface area contributed by atoms with Crippen LogP contribution >= 0.6 is 34.2 Å². The third-order valence-electron chi connectivity index (χ3n) is 2.71. The fourth-order valence-corrected chi connectivity index (χ4v) is 2.78. The molecule has 1 unspecified atom stereocenters. The lowest BCUT2D eigenvalue weighted by Crippen LogP contribution is -2.39. The van der Waals surface area contributed by atoms with E-state index in [4.69, 9.17) is 11.6 Å². The molecule has 0 saturated heterocycles. The first kappa shape index (κ1) is 14.8. The maximum Gasteiger partial charge on any atom is 0.251 e. The molecule has 0 aliphatic carbocycles. The molecule has 0 heterocycles. The summed E-state index contributed by atoms with van der Waals surface area (Å²) in [7, 11) is 0. The first-order valence-electron chi connectivity index (χ1n) is 5.58. The van der Waals surface area contributed by atoms with Gasteiger partial charge in [0.1, 0.15) is 0 Å². The van der Waals surface area contributed by atoms with Crippen LogP contribution in [0, 0.1) is 12.8 Å². The Bertz CT molecular complexity index is 406. The van der Waals surface area contributed by atoms with E-state index in [9.17, 15) is 4.79 Å². The highest BCUT2D eigenvalue weighted by Crippen LogP contribution is 2.16. The Labute approximate surface area is 121 Å². The van der Waals surface area contributed by atoms with E-state index < -0.39 is 0 Å². The summed E-state index contributed by atoms with van der Waals surface area (Å²) in [6.45, 7) is 6.12. The number of hydrogen-bond donors (Lipinski definition) is 1. The molecule has 1 rings (SSSR count). The standard InChI is InChI=1S/C13H17ClINO/c1-8(2)12(7-15)16-13(17)10-4-5-11(14)9(3)6-10/h4-6,8,12H,7H2,1-3H3,(H,16,17). The second-order valence-corrected chi connectivity index (χ2v) is 5.73. The van der Waals surface area contributed by atoms with Gasteiger partial charge in [0.15, 0.2) is 0 Å². The summed E-state index contributed by atoms with van der Waals surface area (Å²) in [5.41, 5.74) is 1.59. The zero-order chi connectivity index (χ0) is 13.0. The molecule has 0 spiro atoms. The van der Waals surface area contributed by atoms with Gasteiger partial charge in [-0.2, -0.15) is 0 Å². The number of hydrogen-bond acceptors (Lipinski definition) is 1. The fourth-order valence-electron chi connectivity index (χ4n) is 1.42. The number of amides is 1. The quantitative estimate of drug-likeness (QED) is 0.637. The Balaban J connectivity index is 2.79. The number of benzene rings is 1. The van der Waals surface area contributed by atoms with Crippen LogP contribution in [-0.4, -0.2) is 16.4 Å². The van der Waals surface area contributed by atoms with E-state index >= 15 is 0 Å². The monoisotopic (exact) mass is 365 g/mol. The van der Waals surface area contributed by atoms with E-state index in [2.05, 4.69) is 41.8 Å². The van der Waals surface area contributed by atoms with Crippen molar-refractivity contribution in [3.63, 3.8) is 0 Å². The highest BCUT2D eigenvalue weighted by Gasteiger charge is 2.16. The van der Waals surface area contributed by atoms with Crippen molar-refractivity contribution in [3.8, 4) is 0 Å². The van der Waals surface area contributed by atoms with Gasteiger partial charge in [-0.15, -0.1) is 0 Å². The Morgan fingerprint density at radius 3 is 2.59 bits per heavy atom. The minimum Gasteiger partial charge on any atom is -0.348 e. The topological polar surface area (TPSA) is 29.1 Å². The van der Waals surface area contributed by atoms with Crippen LogP contribution in [0.25, 0.3) is 0 Å². The average molecular weight is 366 g/mol. The number of aryl methyl sites for hydroxylation is 1. The Morgan fingerprint density at radius 1 is 1.47 bits per heavy atom. The van der Waals surface area contributed by atoms with Crippen molar-refractivity contribution >= 4 is 40.1 Å². The first-order valence-corrected chi connectivity index (χ1v) is 7.49. The zero-order valence-electron chi connectivity index (χ0n) is 10.3. The SMILES string of the molecule is Cc1cc(C(=O)NC(CI)C(C)C)ccc1Cl. The van der Waals surface area contributed by atoms with Crippen molar-refractivity contribution in [3.05, 3.63) is 34.3 Å². The summed E-state index contributed by atoms with van der Waals surface area (Å²) >= 11 is 8.23. The molecule has 17 heavy (non-hydrogen) atoms. The van der Waals surface area contributed by atoms with Gasteiger partial charge in [-0.3, -0.25) is 4.79 Å². The van der Waals surface area contributed by atoms with Gasteiger partial charge in [-0.25, -0.2) is 0 Å². The summed E-state index contributed by atoms with van der Waals surface area (Å²) < 4.78 is 0.910. The number of rotatable bonds is 4. The van der Waals surface area contributed by atoms with Gasteiger partial charge in [-0.05, 0) is 36.6 Å². The molecule has 0 aliphatic rings. The summed E-state index contributed by atoms with van der Waals surface area (Å²) in [4.78, 5) is 12.0. The van der Waals surface area contributed by atoms with Gasteiger partial charge in [0, 0.05) is 21.1 Å². The number of carbonyl (C=O) groups is 1. The lowest BCUT2D eigenvalue weighted by Gasteiger charge is -2.20. The molecule has 2 nitrogen and oxygen atoms in total. The van der Waals surface area contributed by atoms with Crippen molar-refractivity contribution in [2.24, 2.45) is 5.92 Å². The normalized spacial score (nSPS) is 12.6. The Kier molecular flexibility index (Phi) is 5.73. The maximum atomic E-state index is 12.0. The molecule has 94 valence electrons. The van der Waals surface area contributed by atoms with Crippen LogP contribution in [0.4, 0.5) is 0 Å². The van der Waals surface area contributed by atoms with Crippen LogP contribution in [0.3, 0.4) is 0 Å². The molecule has 1 amide bonds. The predicted molar refractivity (Wildman–Crippen MR) is 81.2 cm³/mol. The molecule has 1 aromatic rings. The Hall–Kier alpha value is -0.290. The highest BCUT2D eigenvalue weighted by molar-refractivity contribution is 14.1. The highest BCUT2D eigenvalue weighted by atomic mass is 127. The molecule has 4 heteroatoms. The van der Waals surface area contributed by atoms with Gasteiger partial charge in [0.05, 0.1) is 0 Å². The third kappa shape index (κ3) is 4.14. The summed E-state index contributed by atoms with van der Waals surface area (Å²) in [6, 6.07) is 5.55. The van der Waals surface area contributed by atoms with Gasteiger partial charge < -0.3 is 5.32 Å². The molecule has 0 fully saturated rings. The third-order valence-corrected chi connectivity index (χ3v) is 4.08. The van der Waals surface area contributed by atoms with E-state index in [1.54, 1.807) is 12.1 Å². The number of carbonyl (C=O) groups excluding carboxylic acids is 1. The van der Waals surface area contributed by atoms with Crippen molar-refractivity contribution in [1.29, 1.82) is 0 Å². The van der Waals surface area contributed by atoms with Gasteiger partial charge in [0.2, 0.25) is 0 Å². The van der Waals surface area contributed by atoms with E-state index in [1.165, 1.54) is 0 Å². The maximum absolute atomic E-state index is 12.0. The van der Waals surface area contributed by atoms with Crippen LogP contribution < -0.4 is 5.32 Å². The lowest BCUT2D eigenvalue weighted by molar-refractivity contribution is 0.0932. The minimum atomic E-state index is -0.0277. The van der Waals surface area contributed by atoms with Crippen LogP contribution in [0.2, 0.25) is 5.02 Å². The molecule has 0 radical (unpaired) electrons. The summed E-state index contributed by atoms with van der Waals surface area (Å²) in [5, 5.41) is 3.73. The molecule has 0 aliphatic heterocycles. The second-order valence-electron chi connectivity index (χ2n) is 4.44. The summed E-state index contributed by atoms with van der Waals surface area (Å²) in [6.07, 6.45) is 0. The van der Waals surface area contributed by atoms with Crippen molar-refractivity contribution in [1.82, 2.24) is 5.32 Å². The van der Waals surface area contributed by atoms with Crippen LogP contribution in [0.1, 0.15) is 29.8 Å². The lowest BCUT2D eigenvalue weighted by atomic mass is 10.1. The van der Waals surface area contributed by atoms with Gasteiger partial charge in [0.25, 0.3) is 5.91 Å². The van der Waals surface area contributed by atoms with Crippen molar-refractivity contribution in [2.75, 3.05) is 4.43 Å². The first-order chi connectivity index (χ1) is 7.95. The van der Waals surface area contributed by atoms with Gasteiger partial charge >= 0.3 is 0 Å². The minimum absolute atomic E-state index is 0.0277. The van der Waals surface area contributed by atoms with E-state index in [1.807, 2.05) is 13.0 Å². The molecule has 0 aromatic heterocycles. The van der Waals surface area contributed by atoms with Crippen LogP contribution in [-0.2, 0) is 0 Å². The predicted octanol–water partition coefficient (Wildman–Crippen LogP) is 3.84. The second kappa shape index (κ2) is 6.59. The fraction of sp³-hybridized carbons (Fsp3) is 0.462. The summed E-state index contributed by atoms with van der Waals surface area (Å²) in [5.74, 6) is 0.407. The molecular weight excluding hydrogens is 349 g/mol. The van der Waals surface area contributed by atoms with Crippen molar-refractivity contribution in [2.45, 2.75) is 26.8 Å². The van der Waals surface area contributed by atoms with Crippen LogP contribution in [0.15, 0.2) is 18.2 Å². The van der Waals surface area contributed by atoms with Crippen molar-refractivity contribution < 1.29 is 4.79 Å². The van der Waals surface area contributed by atoms with E-state index in [0.717, 1.165) is 9.99 Å². The molecule has 1 aromatic carbocycles. The molecule has 1 N–H and O–H groups in total. The molecule has 0 bridgehead atoms. The number of nitrogens with one attached hydrogen (secondary N) is 1. The zero-order valence-corrected chi connectivity index (χ0v) is 13.2. The molecule has 0 saturated carbocycles. The number of halogens is 2. The Morgan fingerprint density at radius 2 is 2.12 bits per heavy atom. The molecular formula is C13H17ClINO. The van der Waals surface area contributed by atoms with Crippen LogP contribution in [0.5, 0.6) is 0 Å². The number of alkyl halides is 1. The van der Waals surface area contributed by atoms with Gasteiger partial charge in [-0.1, -0.05) is 48.0 Å². The smallest absolute Gasteiger partial charge is 0.251 e. The van der Waals surface area contributed by atoms with E-state index in [-0.39, 0.29) is 11.9 Å². The largest absolute Gasteiger partial charge is 0.348 e. The van der Waals surface area contributed by atoms with E-state index in [0.29, 0.717) is 16.5 Å².